The van der Waals surface area contributed by atoms with Crippen LogP contribution in [0.5, 0.6) is 0 Å². The molecule has 0 aliphatic heterocycles. The van der Waals surface area contributed by atoms with E-state index in [0.29, 0.717) is 12.2 Å². The lowest BCUT2D eigenvalue weighted by atomic mass is 10.1. The van der Waals surface area contributed by atoms with E-state index in [-0.39, 0.29) is 12.2 Å². The lowest BCUT2D eigenvalue weighted by Gasteiger charge is -2.03. The van der Waals surface area contributed by atoms with Crippen LogP contribution in [-0.4, -0.2) is 17.7 Å². The third-order valence-electron chi connectivity index (χ3n) is 1.92. The van der Waals surface area contributed by atoms with Crippen molar-refractivity contribution in [3.63, 3.8) is 0 Å². The fraction of sp³-hybridized carbons (Fsp3) is 0.250. The molecule has 0 aliphatic rings. The summed E-state index contributed by atoms with van der Waals surface area (Å²) in [7, 11) is 0. The van der Waals surface area contributed by atoms with E-state index in [2.05, 4.69) is 0 Å². The number of rotatable bonds is 5. The number of halogens is 1. The molecule has 1 rings (SSSR count). The van der Waals surface area contributed by atoms with Crippen molar-refractivity contribution in [2.45, 2.75) is 13.5 Å². The first-order valence-corrected chi connectivity index (χ1v) is 4.85. The summed E-state index contributed by atoms with van der Waals surface area (Å²) in [4.78, 5) is 10.7. The normalized spacial score (nSPS) is 10.9. The second kappa shape index (κ2) is 6.02. The van der Waals surface area contributed by atoms with Crippen LogP contribution >= 0.6 is 0 Å². The van der Waals surface area contributed by atoms with Crippen molar-refractivity contribution in [1.82, 2.24) is 0 Å². The van der Waals surface area contributed by atoms with Crippen molar-refractivity contribution < 1.29 is 19.0 Å². The lowest BCUT2D eigenvalue weighted by Crippen LogP contribution is -2.00. The highest BCUT2D eigenvalue weighted by Gasteiger charge is 2.06. The molecule has 0 saturated carbocycles. The second-order valence-corrected chi connectivity index (χ2v) is 3.24. The van der Waals surface area contributed by atoms with Crippen LogP contribution in [-0.2, 0) is 11.3 Å². The maximum atomic E-state index is 13.0. The molecule has 0 unspecified atom stereocenters. The zero-order chi connectivity index (χ0) is 12.0. The molecule has 4 heteroatoms. The average Bonchev–Trinajstić information content (AvgIpc) is 2.23. The predicted octanol–water partition coefficient (Wildman–Crippen LogP) is 2.62. The molecule has 0 amide bonds. The van der Waals surface area contributed by atoms with Crippen molar-refractivity contribution in [3.8, 4) is 0 Å². The third kappa shape index (κ3) is 3.82. The van der Waals surface area contributed by atoms with E-state index in [1.807, 2.05) is 19.1 Å². The van der Waals surface area contributed by atoms with Crippen molar-refractivity contribution in [1.29, 1.82) is 0 Å². The van der Waals surface area contributed by atoms with Gasteiger partial charge in [0.05, 0.1) is 18.8 Å². The molecule has 3 nitrogen and oxygen atoms in total. The van der Waals surface area contributed by atoms with Gasteiger partial charge in [-0.2, -0.15) is 0 Å². The summed E-state index contributed by atoms with van der Waals surface area (Å²) in [6.07, 6.45) is 3.66. The van der Waals surface area contributed by atoms with Crippen molar-refractivity contribution >= 4 is 5.97 Å². The Labute approximate surface area is 93.2 Å². The molecule has 1 aromatic carbocycles. The van der Waals surface area contributed by atoms with Crippen LogP contribution in [0, 0.1) is 5.82 Å². The maximum Gasteiger partial charge on any atom is 0.335 e. The fourth-order valence-electron chi connectivity index (χ4n) is 1.20. The van der Waals surface area contributed by atoms with E-state index in [9.17, 15) is 9.18 Å². The molecule has 0 fully saturated rings. The molecule has 0 radical (unpaired) electrons. The lowest BCUT2D eigenvalue weighted by molar-refractivity contribution is 0.0696. The highest BCUT2D eigenvalue weighted by atomic mass is 19.1. The Kier molecular flexibility index (Phi) is 4.66. The molecule has 0 aliphatic carbocycles. The Morgan fingerprint density at radius 2 is 2.25 bits per heavy atom. The molecule has 16 heavy (non-hydrogen) atoms. The smallest absolute Gasteiger partial charge is 0.335 e. The summed E-state index contributed by atoms with van der Waals surface area (Å²) in [5.74, 6) is -1.71. The van der Waals surface area contributed by atoms with Crippen molar-refractivity contribution in [3.05, 3.63) is 47.3 Å². The minimum atomic E-state index is -1.14. The quantitative estimate of drug-likeness (QED) is 0.617. The van der Waals surface area contributed by atoms with Crippen LogP contribution in [0.3, 0.4) is 0 Å². The molecular formula is C12H13FO3. The number of allylic oxidation sites excluding steroid dienone is 1. The SMILES string of the molecule is C/C=C/COCc1cc(F)cc(C(=O)O)c1. The van der Waals surface area contributed by atoms with Gasteiger partial charge in [0.2, 0.25) is 0 Å². The number of hydrogen-bond acceptors (Lipinski definition) is 2. The molecule has 0 saturated heterocycles. The maximum absolute atomic E-state index is 13.0. The molecule has 0 aromatic heterocycles. The van der Waals surface area contributed by atoms with Gasteiger partial charge in [-0.1, -0.05) is 12.2 Å². The molecule has 0 heterocycles. The Morgan fingerprint density at radius 1 is 1.50 bits per heavy atom. The number of carbonyl (C=O) groups is 1. The molecule has 1 N–H and O–H groups in total. The third-order valence-corrected chi connectivity index (χ3v) is 1.92. The second-order valence-electron chi connectivity index (χ2n) is 3.24. The van der Waals surface area contributed by atoms with Gasteiger partial charge in [0.25, 0.3) is 0 Å². The molecular weight excluding hydrogens is 211 g/mol. The van der Waals surface area contributed by atoms with Gasteiger partial charge in [-0.3, -0.25) is 0 Å². The van der Waals surface area contributed by atoms with Crippen LogP contribution in [0.4, 0.5) is 4.39 Å². The van der Waals surface area contributed by atoms with E-state index in [1.165, 1.54) is 12.1 Å². The fourth-order valence-corrected chi connectivity index (χ4v) is 1.20. The highest BCUT2D eigenvalue weighted by molar-refractivity contribution is 5.87. The number of hydrogen-bond donors (Lipinski definition) is 1. The Bertz CT molecular complexity index is 399. The van der Waals surface area contributed by atoms with E-state index in [4.69, 9.17) is 9.84 Å². The van der Waals surface area contributed by atoms with Gasteiger partial charge in [0.15, 0.2) is 0 Å². The van der Waals surface area contributed by atoms with Crippen LogP contribution < -0.4 is 0 Å². The van der Waals surface area contributed by atoms with E-state index in [1.54, 1.807) is 0 Å². The van der Waals surface area contributed by atoms with Gasteiger partial charge in [0.1, 0.15) is 5.82 Å². The average molecular weight is 224 g/mol. The van der Waals surface area contributed by atoms with Gasteiger partial charge in [-0.15, -0.1) is 0 Å². The van der Waals surface area contributed by atoms with Gasteiger partial charge in [-0.25, -0.2) is 9.18 Å². The van der Waals surface area contributed by atoms with Crippen molar-refractivity contribution in [2.75, 3.05) is 6.61 Å². The number of carboxylic acid groups (broad SMARTS) is 1. The molecule has 0 atom stereocenters. The first-order chi connectivity index (χ1) is 7.63. The minimum Gasteiger partial charge on any atom is -0.478 e. The van der Waals surface area contributed by atoms with E-state index >= 15 is 0 Å². The zero-order valence-corrected chi connectivity index (χ0v) is 8.94. The van der Waals surface area contributed by atoms with Crippen LogP contribution in [0.25, 0.3) is 0 Å². The summed E-state index contributed by atoms with van der Waals surface area (Å²) in [5, 5.41) is 8.72. The first kappa shape index (κ1) is 12.4. The Balaban J connectivity index is 2.69. The summed E-state index contributed by atoms with van der Waals surface area (Å²) >= 11 is 0. The molecule has 86 valence electrons. The Morgan fingerprint density at radius 3 is 2.88 bits per heavy atom. The minimum absolute atomic E-state index is 0.0652. The zero-order valence-electron chi connectivity index (χ0n) is 8.94. The van der Waals surface area contributed by atoms with Gasteiger partial charge >= 0.3 is 5.97 Å². The molecule has 0 bridgehead atoms. The largest absolute Gasteiger partial charge is 0.478 e. The monoisotopic (exact) mass is 224 g/mol. The van der Waals surface area contributed by atoms with Gasteiger partial charge in [0, 0.05) is 0 Å². The molecule has 1 aromatic rings. The van der Waals surface area contributed by atoms with E-state index in [0.717, 1.165) is 6.07 Å². The first-order valence-electron chi connectivity index (χ1n) is 4.85. The standard InChI is InChI=1S/C12H13FO3/c1-2-3-4-16-8-9-5-10(12(14)15)7-11(13)6-9/h2-3,5-7H,4,8H2,1H3,(H,14,15)/b3-2+. The van der Waals surface area contributed by atoms with Crippen LogP contribution in [0.1, 0.15) is 22.8 Å². The number of carboxylic acids is 1. The van der Waals surface area contributed by atoms with Crippen LogP contribution in [0.15, 0.2) is 30.4 Å². The van der Waals surface area contributed by atoms with Gasteiger partial charge < -0.3 is 9.84 Å². The summed E-state index contributed by atoms with van der Waals surface area (Å²) in [5.41, 5.74) is 0.450. The van der Waals surface area contributed by atoms with E-state index < -0.39 is 11.8 Å². The number of ether oxygens (including phenoxy) is 1. The predicted molar refractivity (Wildman–Crippen MR) is 57.8 cm³/mol. The summed E-state index contributed by atoms with van der Waals surface area (Å²) < 4.78 is 18.2. The highest BCUT2D eigenvalue weighted by Crippen LogP contribution is 2.10. The number of benzene rings is 1. The molecule has 0 spiro atoms. The van der Waals surface area contributed by atoms with Crippen LogP contribution in [0.2, 0.25) is 0 Å². The van der Waals surface area contributed by atoms with Crippen molar-refractivity contribution in [2.24, 2.45) is 0 Å². The topological polar surface area (TPSA) is 46.5 Å². The number of aromatic carboxylic acids is 1. The summed E-state index contributed by atoms with van der Waals surface area (Å²) in [6, 6.07) is 3.65. The summed E-state index contributed by atoms with van der Waals surface area (Å²) in [6.45, 7) is 2.49. The van der Waals surface area contributed by atoms with Gasteiger partial charge in [-0.05, 0) is 30.7 Å². The Hall–Kier alpha value is -1.68.